The van der Waals surface area contributed by atoms with Crippen molar-refractivity contribution in [3.63, 3.8) is 0 Å². The van der Waals surface area contributed by atoms with Crippen molar-refractivity contribution in [1.29, 1.82) is 5.26 Å². The molecular formula is C16H12FN3O2. The molecule has 110 valence electrons. The van der Waals surface area contributed by atoms with Crippen LogP contribution in [-0.4, -0.2) is 5.21 Å². The quantitative estimate of drug-likeness (QED) is 0.832. The highest BCUT2D eigenvalue weighted by molar-refractivity contribution is 5.60. The predicted molar refractivity (Wildman–Crippen MR) is 78.7 cm³/mol. The summed E-state index contributed by atoms with van der Waals surface area (Å²) < 4.78 is 19.2. The summed E-state index contributed by atoms with van der Waals surface area (Å²) in [6.45, 7) is 0. The Bertz CT molecular complexity index is 798. The number of hydroxylamine groups is 1. The van der Waals surface area contributed by atoms with Crippen LogP contribution in [-0.2, 0) is 0 Å². The van der Waals surface area contributed by atoms with Crippen LogP contribution in [0.1, 0.15) is 17.2 Å². The van der Waals surface area contributed by atoms with Crippen LogP contribution in [0.3, 0.4) is 0 Å². The highest BCUT2D eigenvalue weighted by Crippen LogP contribution is 2.35. The first-order valence-corrected chi connectivity index (χ1v) is 6.50. The maximum Gasteiger partial charge on any atom is 0.149 e. The van der Waals surface area contributed by atoms with Gasteiger partial charge in [0.1, 0.15) is 17.7 Å². The smallest absolute Gasteiger partial charge is 0.149 e. The summed E-state index contributed by atoms with van der Waals surface area (Å²) in [6, 6.07) is 11.1. The van der Waals surface area contributed by atoms with Gasteiger partial charge in [0.2, 0.25) is 0 Å². The van der Waals surface area contributed by atoms with Crippen LogP contribution in [0.25, 0.3) is 0 Å². The average Bonchev–Trinajstić information content (AvgIpc) is 2.53. The molecule has 22 heavy (non-hydrogen) atoms. The van der Waals surface area contributed by atoms with Crippen LogP contribution >= 0.6 is 0 Å². The zero-order valence-corrected chi connectivity index (χ0v) is 11.4. The number of anilines is 2. The standard InChI is InChI=1S/C16H12FN3O2/c17-13-8-11(2-3-14(13)19)22-16-5-6-20(21)15-4-1-10(9-18)7-12(15)16/h1-8,16,21H,19H2. The number of nitrogens with zero attached hydrogens (tertiary/aromatic N) is 2. The first-order valence-electron chi connectivity index (χ1n) is 6.50. The fourth-order valence-electron chi connectivity index (χ4n) is 2.23. The second kappa shape index (κ2) is 5.39. The molecule has 0 saturated heterocycles. The van der Waals surface area contributed by atoms with Crippen molar-refractivity contribution in [3.05, 3.63) is 65.6 Å². The summed E-state index contributed by atoms with van der Waals surface area (Å²) >= 11 is 0. The Kier molecular flexibility index (Phi) is 3.41. The molecular weight excluding hydrogens is 285 g/mol. The topological polar surface area (TPSA) is 82.5 Å². The Morgan fingerprint density at radius 3 is 2.82 bits per heavy atom. The van der Waals surface area contributed by atoms with Gasteiger partial charge in [-0.05, 0) is 36.4 Å². The van der Waals surface area contributed by atoms with Crippen molar-refractivity contribution >= 4 is 11.4 Å². The molecule has 0 aromatic heterocycles. The van der Waals surface area contributed by atoms with Crippen LogP contribution in [0.15, 0.2) is 48.7 Å². The number of hydrogen-bond donors (Lipinski definition) is 2. The first kappa shape index (κ1) is 13.9. The van der Waals surface area contributed by atoms with E-state index in [1.807, 2.05) is 6.07 Å². The summed E-state index contributed by atoms with van der Waals surface area (Å²) in [5, 5.41) is 19.8. The molecule has 0 aliphatic carbocycles. The van der Waals surface area contributed by atoms with Crippen LogP contribution < -0.4 is 15.5 Å². The Balaban J connectivity index is 1.96. The zero-order valence-electron chi connectivity index (χ0n) is 11.4. The maximum atomic E-state index is 13.5. The molecule has 0 fully saturated rings. The lowest BCUT2D eigenvalue weighted by molar-refractivity contribution is 0.236. The van der Waals surface area contributed by atoms with Gasteiger partial charge in [-0.15, -0.1) is 0 Å². The van der Waals surface area contributed by atoms with Crippen molar-refractivity contribution in [2.24, 2.45) is 0 Å². The zero-order chi connectivity index (χ0) is 15.7. The van der Waals surface area contributed by atoms with Crippen LogP contribution in [0.2, 0.25) is 0 Å². The lowest BCUT2D eigenvalue weighted by Crippen LogP contribution is -2.20. The summed E-state index contributed by atoms with van der Waals surface area (Å²) in [5.41, 5.74) is 7.03. The van der Waals surface area contributed by atoms with Crippen molar-refractivity contribution in [2.45, 2.75) is 6.10 Å². The van der Waals surface area contributed by atoms with E-state index in [9.17, 15) is 9.60 Å². The summed E-state index contributed by atoms with van der Waals surface area (Å²) in [7, 11) is 0. The molecule has 1 heterocycles. The number of halogens is 1. The fourth-order valence-corrected chi connectivity index (χ4v) is 2.23. The fraction of sp³-hybridized carbons (Fsp3) is 0.0625. The second-order valence-electron chi connectivity index (χ2n) is 4.79. The van der Waals surface area contributed by atoms with E-state index in [2.05, 4.69) is 0 Å². The molecule has 0 amide bonds. The van der Waals surface area contributed by atoms with Crippen LogP contribution in [0.5, 0.6) is 5.75 Å². The number of nitrogens with two attached hydrogens (primary N) is 1. The van der Waals surface area contributed by atoms with Crippen LogP contribution in [0.4, 0.5) is 15.8 Å². The van der Waals surface area contributed by atoms with Gasteiger partial charge < -0.3 is 10.5 Å². The Labute approximate surface area is 126 Å². The van der Waals surface area contributed by atoms with Gasteiger partial charge in [-0.2, -0.15) is 5.26 Å². The molecule has 6 heteroatoms. The monoisotopic (exact) mass is 297 g/mol. The van der Waals surface area contributed by atoms with Gasteiger partial charge in [-0.25, -0.2) is 9.45 Å². The lowest BCUT2D eigenvalue weighted by atomic mass is 10.0. The molecule has 2 aromatic carbocycles. The summed E-state index contributed by atoms with van der Waals surface area (Å²) in [4.78, 5) is 0. The minimum Gasteiger partial charge on any atom is -0.481 e. The third kappa shape index (κ3) is 2.45. The molecule has 3 N–H and O–H groups in total. The molecule has 1 atom stereocenters. The number of nitriles is 1. The number of nitrogen functional groups attached to an aromatic ring is 1. The van der Waals surface area contributed by atoms with Gasteiger partial charge in [-0.3, -0.25) is 5.21 Å². The minimum absolute atomic E-state index is 0.0419. The maximum absolute atomic E-state index is 13.5. The molecule has 5 nitrogen and oxygen atoms in total. The van der Waals surface area contributed by atoms with E-state index in [1.165, 1.54) is 18.3 Å². The molecule has 0 spiro atoms. The third-order valence-corrected chi connectivity index (χ3v) is 3.35. The third-order valence-electron chi connectivity index (χ3n) is 3.35. The first-order chi connectivity index (χ1) is 10.6. The van der Waals surface area contributed by atoms with Crippen molar-refractivity contribution < 1.29 is 14.3 Å². The normalized spacial score (nSPS) is 16.0. The molecule has 1 aliphatic rings. The second-order valence-corrected chi connectivity index (χ2v) is 4.79. The Morgan fingerprint density at radius 1 is 1.27 bits per heavy atom. The van der Waals surface area contributed by atoms with Crippen molar-refractivity contribution in [3.8, 4) is 11.8 Å². The summed E-state index contributed by atoms with van der Waals surface area (Å²) in [6.07, 6.45) is 2.50. The molecule has 1 aliphatic heterocycles. The van der Waals surface area contributed by atoms with E-state index in [0.717, 1.165) is 5.06 Å². The van der Waals surface area contributed by atoms with E-state index in [0.29, 0.717) is 22.6 Å². The number of rotatable bonds is 2. The van der Waals surface area contributed by atoms with Gasteiger partial charge in [0, 0.05) is 17.8 Å². The predicted octanol–water partition coefficient (Wildman–Crippen LogP) is 3.12. The van der Waals surface area contributed by atoms with Gasteiger partial charge in [0.25, 0.3) is 0 Å². The highest BCUT2D eigenvalue weighted by atomic mass is 19.1. The van der Waals surface area contributed by atoms with E-state index in [1.54, 1.807) is 30.3 Å². The Hall–Kier alpha value is -3.04. The molecule has 0 bridgehead atoms. The number of benzene rings is 2. The van der Waals surface area contributed by atoms with Gasteiger partial charge >= 0.3 is 0 Å². The molecule has 0 saturated carbocycles. The largest absolute Gasteiger partial charge is 0.481 e. The van der Waals surface area contributed by atoms with Gasteiger partial charge in [0.05, 0.1) is 23.0 Å². The highest BCUT2D eigenvalue weighted by Gasteiger charge is 2.22. The van der Waals surface area contributed by atoms with Crippen molar-refractivity contribution in [1.82, 2.24) is 0 Å². The molecule has 2 aromatic rings. The lowest BCUT2D eigenvalue weighted by Gasteiger charge is -2.27. The number of fused-ring (bicyclic) bond motifs is 1. The van der Waals surface area contributed by atoms with E-state index in [-0.39, 0.29) is 5.69 Å². The van der Waals surface area contributed by atoms with Crippen LogP contribution in [0, 0.1) is 17.1 Å². The average molecular weight is 297 g/mol. The molecule has 1 unspecified atom stereocenters. The van der Waals surface area contributed by atoms with Gasteiger partial charge in [-0.1, -0.05) is 0 Å². The summed E-state index contributed by atoms with van der Waals surface area (Å²) in [5.74, 6) is -0.256. The molecule has 0 radical (unpaired) electrons. The number of ether oxygens (including phenoxy) is 1. The number of hydrogen-bond acceptors (Lipinski definition) is 5. The minimum atomic E-state index is -0.563. The van der Waals surface area contributed by atoms with E-state index in [4.69, 9.17) is 15.7 Å². The van der Waals surface area contributed by atoms with Gasteiger partial charge in [0.15, 0.2) is 0 Å². The SMILES string of the molecule is N#Cc1ccc2c(c1)C(Oc1ccc(N)c(F)c1)C=CN2O. The van der Waals surface area contributed by atoms with E-state index >= 15 is 0 Å². The molecule has 3 rings (SSSR count). The van der Waals surface area contributed by atoms with E-state index < -0.39 is 11.9 Å². The van der Waals surface area contributed by atoms with Crippen molar-refractivity contribution in [2.75, 3.05) is 10.8 Å². The Morgan fingerprint density at radius 2 is 2.09 bits per heavy atom.